The minimum absolute atomic E-state index is 0.0412. The van der Waals surface area contributed by atoms with Crippen molar-refractivity contribution in [3.05, 3.63) is 35.4 Å². The van der Waals surface area contributed by atoms with Gasteiger partial charge in [0.2, 0.25) is 5.91 Å². The molecule has 0 aliphatic rings. The number of halogens is 2. The summed E-state index contributed by atoms with van der Waals surface area (Å²) in [4.78, 5) is 23.9. The summed E-state index contributed by atoms with van der Waals surface area (Å²) in [7, 11) is 1.54. The molecule has 0 radical (unpaired) electrons. The topological polar surface area (TPSA) is 57.6 Å². The largest absolute Gasteiger partial charge is 0.481 e. The quantitative estimate of drug-likeness (QED) is 0.788. The molecule has 0 aliphatic carbocycles. The number of rotatable bonds is 7. The molecule has 4 nitrogen and oxygen atoms in total. The van der Waals surface area contributed by atoms with Crippen LogP contribution in [-0.2, 0) is 9.59 Å². The normalized spacial score (nSPS) is 12.0. The van der Waals surface area contributed by atoms with Crippen molar-refractivity contribution in [3.63, 3.8) is 0 Å². The van der Waals surface area contributed by atoms with Crippen LogP contribution in [0, 0.1) is 11.6 Å². The number of aliphatic carboxylic acids is 1. The van der Waals surface area contributed by atoms with Crippen molar-refractivity contribution in [2.24, 2.45) is 0 Å². The molecule has 0 aliphatic heterocycles. The van der Waals surface area contributed by atoms with E-state index in [2.05, 4.69) is 0 Å². The molecule has 1 N–H and O–H groups in total. The van der Waals surface area contributed by atoms with Crippen LogP contribution in [-0.4, -0.2) is 35.5 Å². The number of likely N-dealkylation sites (N-methyl/N-ethyl adjacent to an activating group) is 1. The highest BCUT2D eigenvalue weighted by molar-refractivity contribution is 5.83. The highest BCUT2D eigenvalue weighted by Gasteiger charge is 2.24. The predicted molar refractivity (Wildman–Crippen MR) is 73.9 cm³/mol. The highest BCUT2D eigenvalue weighted by Crippen LogP contribution is 2.24. The average Bonchev–Trinajstić information content (AvgIpc) is 2.41. The van der Waals surface area contributed by atoms with Crippen molar-refractivity contribution in [1.82, 2.24) is 4.90 Å². The van der Waals surface area contributed by atoms with Gasteiger partial charge in [-0.1, -0.05) is 6.07 Å². The van der Waals surface area contributed by atoms with Gasteiger partial charge in [0.05, 0.1) is 5.92 Å². The molecule has 0 bridgehead atoms. The summed E-state index contributed by atoms with van der Waals surface area (Å²) in [6.07, 6.45) is 1.02. The zero-order valence-corrected chi connectivity index (χ0v) is 12.1. The summed E-state index contributed by atoms with van der Waals surface area (Å²) in [6, 6.07) is 3.49. The number of carboxylic acid groups (broad SMARTS) is 1. The first-order valence-electron chi connectivity index (χ1n) is 6.75. The predicted octanol–water partition coefficient (Wildman–Crippen LogP) is 2.78. The number of hydrogen-bond donors (Lipinski definition) is 1. The maximum absolute atomic E-state index is 13.6. The summed E-state index contributed by atoms with van der Waals surface area (Å²) >= 11 is 0. The van der Waals surface area contributed by atoms with Gasteiger partial charge in [-0.15, -0.1) is 0 Å². The van der Waals surface area contributed by atoms with E-state index in [4.69, 9.17) is 5.11 Å². The average molecular weight is 299 g/mol. The van der Waals surface area contributed by atoms with Crippen LogP contribution in [0.4, 0.5) is 8.78 Å². The third-order valence-electron chi connectivity index (χ3n) is 3.31. The second kappa shape index (κ2) is 7.71. The fourth-order valence-electron chi connectivity index (χ4n) is 2.11. The number of carboxylic acids is 1. The summed E-state index contributed by atoms with van der Waals surface area (Å²) in [5.74, 6) is -3.68. The Kier molecular flexibility index (Phi) is 6.27. The third-order valence-corrected chi connectivity index (χ3v) is 3.31. The fraction of sp³-hybridized carbons (Fsp3) is 0.467. The molecule has 0 saturated carbocycles. The molecule has 0 aromatic heterocycles. The lowest BCUT2D eigenvalue weighted by molar-refractivity contribution is -0.137. The molecule has 1 atom stereocenters. The monoisotopic (exact) mass is 299 g/mol. The Hall–Kier alpha value is -1.98. The molecule has 0 saturated heterocycles. The molecule has 6 heteroatoms. The number of carbonyl (C=O) groups is 2. The van der Waals surface area contributed by atoms with Gasteiger partial charge in [-0.05, 0) is 31.9 Å². The Morgan fingerprint density at radius 1 is 1.24 bits per heavy atom. The maximum Gasteiger partial charge on any atom is 0.303 e. The standard InChI is InChI=1S/C15H19F2NO3/c1-10(14-11(16)6-5-7-12(14)17)15(21)18(2)9-4-3-8-13(19)20/h5-7,10H,3-4,8-9H2,1-2H3,(H,19,20). The van der Waals surface area contributed by atoms with Crippen molar-refractivity contribution < 1.29 is 23.5 Å². The van der Waals surface area contributed by atoms with Crippen molar-refractivity contribution in [2.75, 3.05) is 13.6 Å². The first-order chi connectivity index (χ1) is 9.84. The van der Waals surface area contributed by atoms with Crippen LogP contribution < -0.4 is 0 Å². The lowest BCUT2D eigenvalue weighted by Gasteiger charge is -2.22. The molecule has 0 fully saturated rings. The van der Waals surface area contributed by atoms with Crippen molar-refractivity contribution in [3.8, 4) is 0 Å². The molecule has 0 heterocycles. The first kappa shape index (κ1) is 17.1. The third kappa shape index (κ3) is 4.81. The molecule has 0 spiro atoms. The van der Waals surface area contributed by atoms with Gasteiger partial charge in [0.25, 0.3) is 0 Å². The van der Waals surface area contributed by atoms with Gasteiger partial charge in [0.1, 0.15) is 11.6 Å². The molecular weight excluding hydrogens is 280 g/mol. The van der Waals surface area contributed by atoms with Crippen molar-refractivity contribution in [1.29, 1.82) is 0 Å². The van der Waals surface area contributed by atoms with E-state index < -0.39 is 29.4 Å². The van der Waals surface area contributed by atoms with Crippen molar-refractivity contribution >= 4 is 11.9 Å². The van der Waals surface area contributed by atoms with Gasteiger partial charge in [0.15, 0.2) is 0 Å². The Bertz CT molecular complexity index is 499. The number of unbranched alkanes of at least 4 members (excludes halogenated alkanes) is 1. The van der Waals surface area contributed by atoms with Crippen LogP contribution in [0.3, 0.4) is 0 Å². The summed E-state index contributed by atoms with van der Waals surface area (Å²) in [6.45, 7) is 1.81. The lowest BCUT2D eigenvalue weighted by Crippen LogP contribution is -2.32. The van der Waals surface area contributed by atoms with Gasteiger partial charge in [0, 0.05) is 25.6 Å². The van der Waals surface area contributed by atoms with E-state index in [-0.39, 0.29) is 12.0 Å². The second-order valence-corrected chi connectivity index (χ2v) is 4.97. The van der Waals surface area contributed by atoms with E-state index in [1.165, 1.54) is 17.9 Å². The second-order valence-electron chi connectivity index (χ2n) is 4.97. The molecule has 1 aromatic rings. The van der Waals surface area contributed by atoms with E-state index in [0.29, 0.717) is 19.4 Å². The Morgan fingerprint density at radius 3 is 2.33 bits per heavy atom. The van der Waals surface area contributed by atoms with E-state index in [1.54, 1.807) is 7.05 Å². The molecule has 1 rings (SSSR count). The van der Waals surface area contributed by atoms with Crippen LogP contribution in [0.1, 0.15) is 37.7 Å². The zero-order valence-electron chi connectivity index (χ0n) is 12.1. The Balaban J connectivity index is 2.63. The molecular formula is C15H19F2NO3. The number of carbonyl (C=O) groups excluding carboxylic acids is 1. The molecule has 21 heavy (non-hydrogen) atoms. The summed E-state index contributed by atoms with van der Waals surface area (Å²) in [5.41, 5.74) is -0.236. The van der Waals surface area contributed by atoms with Gasteiger partial charge in [-0.25, -0.2) is 8.78 Å². The maximum atomic E-state index is 13.6. The molecule has 1 amide bonds. The van der Waals surface area contributed by atoms with Crippen LogP contribution in [0.5, 0.6) is 0 Å². The fourth-order valence-corrected chi connectivity index (χ4v) is 2.11. The molecule has 1 unspecified atom stereocenters. The van der Waals surface area contributed by atoms with E-state index in [9.17, 15) is 18.4 Å². The molecule has 1 aromatic carbocycles. The minimum Gasteiger partial charge on any atom is -0.481 e. The smallest absolute Gasteiger partial charge is 0.303 e. The Morgan fingerprint density at radius 2 is 1.81 bits per heavy atom. The number of nitrogens with zero attached hydrogens (tertiary/aromatic N) is 1. The van der Waals surface area contributed by atoms with Crippen molar-refractivity contribution in [2.45, 2.75) is 32.1 Å². The van der Waals surface area contributed by atoms with Crippen LogP contribution in [0.25, 0.3) is 0 Å². The summed E-state index contributed by atoms with van der Waals surface area (Å²) < 4.78 is 27.3. The Labute approximate surface area is 122 Å². The SMILES string of the molecule is CC(C(=O)N(C)CCCCC(=O)O)c1c(F)cccc1F. The minimum atomic E-state index is -0.921. The number of hydrogen-bond acceptors (Lipinski definition) is 2. The molecule has 116 valence electrons. The van der Waals surface area contributed by atoms with E-state index in [0.717, 1.165) is 12.1 Å². The summed E-state index contributed by atoms with van der Waals surface area (Å²) in [5, 5.41) is 8.52. The van der Waals surface area contributed by atoms with Gasteiger partial charge >= 0.3 is 5.97 Å². The highest BCUT2D eigenvalue weighted by atomic mass is 19.1. The van der Waals surface area contributed by atoms with Gasteiger partial charge < -0.3 is 10.0 Å². The van der Waals surface area contributed by atoms with E-state index in [1.807, 2.05) is 0 Å². The van der Waals surface area contributed by atoms with Crippen LogP contribution in [0.2, 0.25) is 0 Å². The van der Waals surface area contributed by atoms with Gasteiger partial charge in [-0.2, -0.15) is 0 Å². The van der Waals surface area contributed by atoms with E-state index >= 15 is 0 Å². The zero-order chi connectivity index (χ0) is 16.0. The first-order valence-corrected chi connectivity index (χ1v) is 6.75. The van der Waals surface area contributed by atoms with Crippen LogP contribution in [0.15, 0.2) is 18.2 Å². The lowest BCUT2D eigenvalue weighted by atomic mass is 9.98. The number of benzene rings is 1. The van der Waals surface area contributed by atoms with Gasteiger partial charge in [-0.3, -0.25) is 9.59 Å². The van der Waals surface area contributed by atoms with Crippen LogP contribution >= 0.6 is 0 Å². The number of amides is 1.